The normalized spacial score (nSPS) is 10.8. The highest BCUT2D eigenvalue weighted by Crippen LogP contribution is 2.22. The molecule has 0 fully saturated rings. The molecule has 3 rings (SSSR count). The Balaban J connectivity index is 1.79. The fraction of sp³-hybridized carbons (Fsp3) is 0.125. The number of benzene rings is 2. The third-order valence-corrected chi connectivity index (χ3v) is 4.75. The molecule has 0 radical (unpaired) electrons. The molecule has 2 aromatic carbocycles. The van der Waals surface area contributed by atoms with E-state index in [2.05, 4.69) is 5.32 Å². The van der Waals surface area contributed by atoms with Crippen LogP contribution in [0.3, 0.4) is 0 Å². The van der Waals surface area contributed by atoms with Crippen LogP contribution < -0.4 is 10.2 Å². The number of halogens is 1. The average molecular weight is 333 g/mol. The molecule has 6 heteroatoms. The lowest BCUT2D eigenvalue weighted by atomic mass is 10.1. The number of rotatable bonds is 3. The molecule has 22 heavy (non-hydrogen) atoms. The molecule has 0 saturated carbocycles. The van der Waals surface area contributed by atoms with Crippen molar-refractivity contribution < 1.29 is 4.79 Å². The Morgan fingerprint density at radius 3 is 2.82 bits per heavy atom. The number of nitrogens with one attached hydrogen (secondary N) is 1. The summed E-state index contributed by atoms with van der Waals surface area (Å²) in [7, 11) is 1.73. The van der Waals surface area contributed by atoms with Crippen LogP contribution in [0.2, 0.25) is 5.02 Å². The molecule has 0 atom stereocenters. The first-order valence-electron chi connectivity index (χ1n) is 6.67. The summed E-state index contributed by atoms with van der Waals surface area (Å²) in [5, 5.41) is 3.41. The van der Waals surface area contributed by atoms with Crippen LogP contribution in [0.5, 0.6) is 0 Å². The molecule has 0 aliphatic carbocycles. The van der Waals surface area contributed by atoms with Gasteiger partial charge in [-0.25, -0.2) is 0 Å². The van der Waals surface area contributed by atoms with Crippen LogP contribution >= 0.6 is 22.9 Å². The first-order valence-corrected chi connectivity index (χ1v) is 7.87. The van der Waals surface area contributed by atoms with Crippen LogP contribution in [0.25, 0.3) is 10.2 Å². The van der Waals surface area contributed by atoms with E-state index in [1.165, 1.54) is 0 Å². The number of aromatic nitrogens is 1. The van der Waals surface area contributed by atoms with E-state index in [0.717, 1.165) is 27.1 Å². The van der Waals surface area contributed by atoms with Gasteiger partial charge in [-0.15, -0.1) is 0 Å². The van der Waals surface area contributed by atoms with E-state index in [9.17, 15) is 9.59 Å². The largest absolute Gasteiger partial charge is 0.326 e. The molecule has 1 N–H and O–H groups in total. The number of thiazole rings is 1. The molecule has 1 aromatic heterocycles. The zero-order valence-electron chi connectivity index (χ0n) is 11.8. The van der Waals surface area contributed by atoms with Crippen molar-refractivity contribution >= 4 is 44.7 Å². The van der Waals surface area contributed by atoms with Gasteiger partial charge in [-0.2, -0.15) is 0 Å². The van der Waals surface area contributed by atoms with Gasteiger partial charge in [0.25, 0.3) is 0 Å². The summed E-state index contributed by atoms with van der Waals surface area (Å²) in [5.41, 5.74) is 2.32. The molecule has 3 aromatic rings. The minimum absolute atomic E-state index is 0.0189. The summed E-state index contributed by atoms with van der Waals surface area (Å²) in [6.45, 7) is 0. The smallest absolute Gasteiger partial charge is 0.307 e. The third kappa shape index (κ3) is 2.91. The van der Waals surface area contributed by atoms with Gasteiger partial charge < -0.3 is 9.88 Å². The lowest BCUT2D eigenvalue weighted by molar-refractivity contribution is -0.115. The molecular weight excluding hydrogens is 320 g/mol. The Bertz CT molecular complexity index is 914. The maximum Gasteiger partial charge on any atom is 0.307 e. The van der Waals surface area contributed by atoms with E-state index in [0.29, 0.717) is 10.7 Å². The number of aryl methyl sites for hydroxylation is 1. The Labute approximate surface area is 136 Å². The fourth-order valence-corrected chi connectivity index (χ4v) is 3.35. The molecule has 112 valence electrons. The SMILES string of the molecule is Cn1c(=O)sc2cc(NC(=O)Cc3ccccc3Cl)ccc21. The van der Waals surface area contributed by atoms with Gasteiger partial charge in [0.1, 0.15) is 0 Å². The third-order valence-electron chi connectivity index (χ3n) is 3.38. The van der Waals surface area contributed by atoms with E-state index in [4.69, 9.17) is 11.6 Å². The summed E-state index contributed by atoms with van der Waals surface area (Å²) in [6, 6.07) is 12.7. The van der Waals surface area contributed by atoms with Crippen molar-refractivity contribution in [3.05, 3.63) is 62.7 Å². The van der Waals surface area contributed by atoms with Crippen molar-refractivity contribution in [1.82, 2.24) is 4.57 Å². The highest BCUT2D eigenvalue weighted by Gasteiger charge is 2.09. The van der Waals surface area contributed by atoms with E-state index in [1.807, 2.05) is 30.3 Å². The van der Waals surface area contributed by atoms with Gasteiger partial charge in [0, 0.05) is 17.8 Å². The number of hydrogen-bond acceptors (Lipinski definition) is 3. The van der Waals surface area contributed by atoms with Crippen LogP contribution in [0.1, 0.15) is 5.56 Å². The van der Waals surface area contributed by atoms with Crippen LogP contribution in [-0.2, 0) is 18.3 Å². The van der Waals surface area contributed by atoms with Crippen LogP contribution in [-0.4, -0.2) is 10.5 Å². The van der Waals surface area contributed by atoms with E-state index in [-0.39, 0.29) is 17.2 Å². The van der Waals surface area contributed by atoms with Gasteiger partial charge in [-0.3, -0.25) is 9.59 Å². The Morgan fingerprint density at radius 2 is 2.05 bits per heavy atom. The monoisotopic (exact) mass is 332 g/mol. The Hall–Kier alpha value is -2.11. The van der Waals surface area contributed by atoms with Gasteiger partial charge in [0.15, 0.2) is 0 Å². The second-order valence-corrected chi connectivity index (χ2v) is 6.33. The standard InChI is InChI=1S/C16H13ClN2O2S/c1-19-13-7-6-11(9-14(13)22-16(19)21)18-15(20)8-10-4-2-3-5-12(10)17/h2-7,9H,8H2,1H3,(H,18,20). The van der Waals surface area contributed by atoms with Crippen LogP contribution in [0.4, 0.5) is 5.69 Å². The second-order valence-electron chi connectivity index (χ2n) is 4.93. The molecule has 0 unspecified atom stereocenters. The van der Waals surface area contributed by atoms with Gasteiger partial charge in [0.05, 0.1) is 16.6 Å². The molecule has 0 saturated heterocycles. The number of carbonyl (C=O) groups excluding carboxylic acids is 1. The minimum atomic E-state index is -0.143. The molecule has 1 heterocycles. The van der Waals surface area contributed by atoms with Crippen LogP contribution in [0.15, 0.2) is 47.3 Å². The quantitative estimate of drug-likeness (QED) is 0.798. The number of carbonyl (C=O) groups is 1. The van der Waals surface area contributed by atoms with E-state index >= 15 is 0 Å². The summed E-state index contributed by atoms with van der Waals surface area (Å²) in [4.78, 5) is 23.7. The van der Waals surface area contributed by atoms with Crippen molar-refractivity contribution in [1.29, 1.82) is 0 Å². The van der Waals surface area contributed by atoms with Gasteiger partial charge in [-0.1, -0.05) is 41.1 Å². The number of fused-ring (bicyclic) bond motifs is 1. The topological polar surface area (TPSA) is 51.1 Å². The van der Waals surface area contributed by atoms with Gasteiger partial charge >= 0.3 is 4.87 Å². The number of nitrogens with zero attached hydrogens (tertiary/aromatic N) is 1. The molecule has 0 spiro atoms. The average Bonchev–Trinajstić information content (AvgIpc) is 2.76. The van der Waals surface area contributed by atoms with Crippen molar-refractivity contribution in [3.63, 3.8) is 0 Å². The molecule has 1 amide bonds. The Kier molecular flexibility index (Phi) is 4.00. The van der Waals surface area contributed by atoms with E-state index in [1.54, 1.807) is 23.7 Å². The predicted octanol–water partition coefficient (Wildman–Crippen LogP) is 3.43. The van der Waals surface area contributed by atoms with E-state index < -0.39 is 0 Å². The first-order chi connectivity index (χ1) is 10.5. The molecule has 0 bridgehead atoms. The van der Waals surface area contributed by atoms with Gasteiger partial charge in [-0.05, 0) is 29.8 Å². The molecule has 0 aliphatic rings. The highest BCUT2D eigenvalue weighted by atomic mass is 35.5. The number of anilines is 1. The van der Waals surface area contributed by atoms with Crippen molar-refractivity contribution in [2.75, 3.05) is 5.32 Å². The van der Waals surface area contributed by atoms with Gasteiger partial charge in [0.2, 0.25) is 5.91 Å². The number of amides is 1. The van der Waals surface area contributed by atoms with Crippen molar-refractivity contribution in [3.8, 4) is 0 Å². The zero-order chi connectivity index (χ0) is 15.7. The summed E-state index contributed by atoms with van der Waals surface area (Å²) < 4.78 is 2.44. The summed E-state index contributed by atoms with van der Waals surface area (Å²) in [6.07, 6.45) is 0.211. The van der Waals surface area contributed by atoms with Crippen LogP contribution in [0, 0.1) is 0 Å². The minimum Gasteiger partial charge on any atom is -0.326 e. The summed E-state index contributed by atoms with van der Waals surface area (Å²) >= 11 is 7.22. The number of hydrogen-bond donors (Lipinski definition) is 1. The van der Waals surface area contributed by atoms with Crippen molar-refractivity contribution in [2.45, 2.75) is 6.42 Å². The fourth-order valence-electron chi connectivity index (χ4n) is 2.23. The van der Waals surface area contributed by atoms with Crippen molar-refractivity contribution in [2.24, 2.45) is 7.05 Å². The highest BCUT2D eigenvalue weighted by molar-refractivity contribution is 7.16. The predicted molar refractivity (Wildman–Crippen MR) is 90.9 cm³/mol. The maximum atomic E-state index is 12.1. The lowest BCUT2D eigenvalue weighted by Gasteiger charge is -2.07. The lowest BCUT2D eigenvalue weighted by Crippen LogP contribution is -2.14. The molecular formula is C16H13ClN2O2S. The molecule has 4 nitrogen and oxygen atoms in total. The zero-order valence-corrected chi connectivity index (χ0v) is 13.4. The molecule has 0 aliphatic heterocycles. The summed E-state index contributed by atoms with van der Waals surface area (Å²) in [5.74, 6) is -0.143. The second kappa shape index (κ2) is 5.94. The maximum absolute atomic E-state index is 12.1. The Morgan fingerprint density at radius 1 is 1.27 bits per heavy atom. The first kappa shape index (κ1) is 14.8.